The Bertz CT molecular complexity index is 810. The molecular formula is C30H48F4N2O. The average Bonchev–Trinajstić information content (AvgIpc) is 2.84. The van der Waals surface area contributed by atoms with Gasteiger partial charge in [0.05, 0.1) is 6.04 Å². The van der Waals surface area contributed by atoms with Crippen LogP contribution in [0.4, 0.5) is 17.6 Å². The smallest absolute Gasteiger partial charge is 0.122 e. The second-order valence-corrected chi connectivity index (χ2v) is 13.8. The molecule has 3 aliphatic carbocycles. The van der Waals surface area contributed by atoms with Crippen molar-refractivity contribution in [3.63, 3.8) is 0 Å². The van der Waals surface area contributed by atoms with Crippen LogP contribution >= 0.6 is 0 Å². The molecule has 0 aromatic rings. The standard InChI is InChI=1S/C30H48F4N2O/c1-30(2,3)35-13-11-18(12-14-35)19-15-23(21-8-7-20(31)17-26(21)34)22-9-10-28(37)36(27(22)16-19)29-24(32)5-4-6-25(29)33/h5,18-23,25-29,37H,4,6-17H2,1-3H3. The van der Waals surface area contributed by atoms with Gasteiger partial charge < -0.3 is 5.11 Å². The zero-order valence-electron chi connectivity index (χ0n) is 23.0. The number of allylic oxidation sites excluding steroid dienone is 1. The first-order chi connectivity index (χ1) is 17.5. The topological polar surface area (TPSA) is 26.7 Å². The molecule has 7 heteroatoms. The SMILES string of the molecule is CC(C)(C)N1CCC(C2CC(C3CCC(F)CC3F)C3CCC(O)N(C4C(F)=CCCC4F)C3C2)CC1. The van der Waals surface area contributed by atoms with Gasteiger partial charge in [0.2, 0.25) is 0 Å². The summed E-state index contributed by atoms with van der Waals surface area (Å²) in [6, 6.07) is -1.20. The van der Waals surface area contributed by atoms with Gasteiger partial charge in [0.25, 0.3) is 0 Å². The monoisotopic (exact) mass is 528 g/mol. The van der Waals surface area contributed by atoms with Crippen LogP contribution in [-0.4, -0.2) is 70.4 Å². The molecule has 5 aliphatic rings. The molecular weight excluding hydrogens is 480 g/mol. The van der Waals surface area contributed by atoms with E-state index in [-0.39, 0.29) is 42.2 Å². The number of likely N-dealkylation sites (tertiary alicyclic amines) is 2. The van der Waals surface area contributed by atoms with E-state index in [1.54, 1.807) is 4.90 Å². The van der Waals surface area contributed by atoms with Crippen LogP contribution in [-0.2, 0) is 0 Å². The van der Waals surface area contributed by atoms with E-state index < -0.39 is 36.6 Å². The van der Waals surface area contributed by atoms with Crippen LogP contribution in [0.15, 0.2) is 11.9 Å². The van der Waals surface area contributed by atoms with Gasteiger partial charge in [-0.15, -0.1) is 0 Å². The van der Waals surface area contributed by atoms with E-state index in [9.17, 15) is 9.50 Å². The van der Waals surface area contributed by atoms with Gasteiger partial charge >= 0.3 is 0 Å². The molecule has 0 bridgehead atoms. The lowest BCUT2D eigenvalue weighted by atomic mass is 9.57. The number of fused-ring (bicyclic) bond motifs is 1. The maximum absolute atomic E-state index is 15.4. The highest BCUT2D eigenvalue weighted by atomic mass is 19.2. The lowest BCUT2D eigenvalue weighted by Crippen LogP contribution is -2.63. The molecule has 3 nitrogen and oxygen atoms in total. The fourth-order valence-corrected chi connectivity index (χ4v) is 8.90. The number of halogens is 4. The fraction of sp³-hybridized carbons (Fsp3) is 0.933. The summed E-state index contributed by atoms with van der Waals surface area (Å²) in [7, 11) is 0. The van der Waals surface area contributed by atoms with Crippen LogP contribution in [0.1, 0.15) is 91.4 Å². The molecule has 0 spiro atoms. The summed E-state index contributed by atoms with van der Waals surface area (Å²) in [6.07, 6.45) is 3.72. The largest absolute Gasteiger partial charge is 0.378 e. The molecule has 2 saturated heterocycles. The van der Waals surface area contributed by atoms with Gasteiger partial charge in [-0.3, -0.25) is 9.80 Å². The minimum absolute atomic E-state index is 0.0218. The number of hydrogen-bond acceptors (Lipinski definition) is 3. The average molecular weight is 529 g/mol. The van der Waals surface area contributed by atoms with Crippen LogP contribution in [0.25, 0.3) is 0 Å². The molecule has 10 unspecified atom stereocenters. The van der Waals surface area contributed by atoms with Gasteiger partial charge in [-0.1, -0.05) is 6.08 Å². The van der Waals surface area contributed by atoms with Crippen molar-refractivity contribution >= 4 is 0 Å². The first-order valence-electron chi connectivity index (χ1n) is 15.0. The van der Waals surface area contributed by atoms with Crippen molar-refractivity contribution in [3.05, 3.63) is 11.9 Å². The third-order valence-corrected chi connectivity index (χ3v) is 10.8. The highest BCUT2D eigenvalue weighted by Gasteiger charge is 2.54. The summed E-state index contributed by atoms with van der Waals surface area (Å²) in [5.74, 6) is 0.349. The highest BCUT2D eigenvalue weighted by Crippen LogP contribution is 2.53. The second-order valence-electron chi connectivity index (χ2n) is 13.8. The molecule has 2 heterocycles. The quantitative estimate of drug-likeness (QED) is 0.411. The van der Waals surface area contributed by atoms with E-state index in [0.717, 1.165) is 45.2 Å². The van der Waals surface area contributed by atoms with Crippen molar-refractivity contribution in [1.29, 1.82) is 0 Å². The van der Waals surface area contributed by atoms with Gasteiger partial charge in [0, 0.05) is 18.0 Å². The van der Waals surface area contributed by atoms with Crippen LogP contribution in [0.2, 0.25) is 0 Å². The maximum atomic E-state index is 15.4. The van der Waals surface area contributed by atoms with Crippen LogP contribution in [0.5, 0.6) is 0 Å². The number of hydrogen-bond donors (Lipinski definition) is 1. The van der Waals surface area contributed by atoms with Crippen molar-refractivity contribution in [3.8, 4) is 0 Å². The molecule has 5 rings (SSSR count). The number of aliphatic hydroxyl groups is 1. The van der Waals surface area contributed by atoms with Gasteiger partial charge in [-0.25, -0.2) is 17.6 Å². The molecule has 0 aromatic heterocycles. The lowest BCUT2D eigenvalue weighted by Gasteiger charge is -2.57. The van der Waals surface area contributed by atoms with Gasteiger partial charge in [0.15, 0.2) is 0 Å². The Morgan fingerprint density at radius 3 is 2.14 bits per heavy atom. The molecule has 2 saturated carbocycles. The Morgan fingerprint density at radius 1 is 0.784 bits per heavy atom. The van der Waals surface area contributed by atoms with Crippen molar-refractivity contribution in [2.24, 2.45) is 29.6 Å². The predicted octanol–water partition coefficient (Wildman–Crippen LogP) is 6.75. The molecule has 212 valence electrons. The number of rotatable bonds is 3. The van der Waals surface area contributed by atoms with Gasteiger partial charge in [0.1, 0.15) is 30.6 Å². The third kappa shape index (κ3) is 5.66. The summed E-state index contributed by atoms with van der Waals surface area (Å²) in [6.45, 7) is 8.80. The zero-order chi connectivity index (χ0) is 26.5. The Labute approximate surface area is 221 Å². The van der Waals surface area contributed by atoms with E-state index in [1.807, 2.05) is 0 Å². The fourth-order valence-electron chi connectivity index (χ4n) is 8.90. The summed E-state index contributed by atoms with van der Waals surface area (Å²) in [5.41, 5.74) is 0.128. The van der Waals surface area contributed by atoms with Gasteiger partial charge in [-0.05, 0) is 128 Å². The molecule has 2 aliphatic heterocycles. The summed E-state index contributed by atoms with van der Waals surface area (Å²) in [4.78, 5) is 4.29. The molecule has 4 fully saturated rings. The van der Waals surface area contributed by atoms with Crippen molar-refractivity contribution in [2.75, 3.05) is 13.1 Å². The van der Waals surface area contributed by atoms with E-state index in [1.165, 1.54) is 6.08 Å². The number of alkyl halides is 3. The molecule has 37 heavy (non-hydrogen) atoms. The highest BCUT2D eigenvalue weighted by molar-refractivity contribution is 5.14. The lowest BCUT2D eigenvalue weighted by molar-refractivity contribution is -0.155. The van der Waals surface area contributed by atoms with Crippen molar-refractivity contribution in [2.45, 2.75) is 134 Å². The maximum Gasteiger partial charge on any atom is 0.122 e. The summed E-state index contributed by atoms with van der Waals surface area (Å²) >= 11 is 0. The number of nitrogens with zero attached hydrogens (tertiary/aromatic N) is 2. The van der Waals surface area contributed by atoms with Crippen LogP contribution in [0, 0.1) is 29.6 Å². The normalized spacial score (nSPS) is 45.4. The Morgan fingerprint density at radius 2 is 1.49 bits per heavy atom. The Hall–Kier alpha value is -0.660. The molecule has 10 atom stereocenters. The zero-order valence-corrected chi connectivity index (χ0v) is 23.0. The minimum atomic E-state index is -1.34. The molecule has 0 radical (unpaired) electrons. The van der Waals surface area contributed by atoms with Crippen molar-refractivity contribution in [1.82, 2.24) is 9.80 Å². The first kappa shape index (κ1) is 27.9. The molecule has 1 N–H and O–H groups in total. The first-order valence-corrected chi connectivity index (χ1v) is 15.0. The third-order valence-electron chi connectivity index (χ3n) is 10.8. The van der Waals surface area contributed by atoms with E-state index in [4.69, 9.17) is 0 Å². The molecule has 0 amide bonds. The Kier molecular flexibility index (Phi) is 8.35. The van der Waals surface area contributed by atoms with Gasteiger partial charge in [-0.2, -0.15) is 0 Å². The summed E-state index contributed by atoms with van der Waals surface area (Å²) < 4.78 is 59.9. The van der Waals surface area contributed by atoms with E-state index in [2.05, 4.69) is 25.7 Å². The van der Waals surface area contributed by atoms with Crippen LogP contribution < -0.4 is 0 Å². The molecule has 0 aromatic carbocycles. The van der Waals surface area contributed by atoms with E-state index >= 15 is 13.2 Å². The summed E-state index contributed by atoms with van der Waals surface area (Å²) in [5, 5.41) is 11.1. The predicted molar refractivity (Wildman–Crippen MR) is 139 cm³/mol. The number of aliphatic hydroxyl groups excluding tert-OH is 1. The van der Waals surface area contributed by atoms with Crippen molar-refractivity contribution < 1.29 is 22.7 Å². The van der Waals surface area contributed by atoms with Crippen LogP contribution in [0.3, 0.4) is 0 Å². The Balaban J connectivity index is 1.43. The second kappa shape index (κ2) is 11.1. The minimum Gasteiger partial charge on any atom is -0.378 e. The van der Waals surface area contributed by atoms with E-state index in [0.29, 0.717) is 37.5 Å². The number of piperidine rings is 2.